The molecule has 0 aliphatic carbocycles. The molecule has 1 amide bonds. The van der Waals surface area contributed by atoms with E-state index < -0.39 is 0 Å². The standard InChI is InChI=1S/C21H26N2O.ClH/c1-17-16-19(12-14-22-17)21(24)23(20-10-6-3-7-11-20)15-13-18-8-4-2-5-9-18;/h2-11,17,19,22H,12-16H2,1H3;1H/t17-,19-;/m0./s1. The van der Waals surface area contributed by atoms with E-state index in [9.17, 15) is 4.79 Å². The molecule has 2 aromatic carbocycles. The van der Waals surface area contributed by atoms with Crippen molar-refractivity contribution in [1.29, 1.82) is 0 Å². The van der Waals surface area contributed by atoms with Crippen molar-refractivity contribution in [2.75, 3.05) is 18.0 Å². The van der Waals surface area contributed by atoms with Crippen molar-refractivity contribution in [3.8, 4) is 0 Å². The molecule has 1 saturated heterocycles. The third kappa shape index (κ3) is 5.32. The van der Waals surface area contributed by atoms with Crippen molar-refractivity contribution in [2.45, 2.75) is 32.2 Å². The molecule has 1 aliphatic rings. The van der Waals surface area contributed by atoms with Crippen LogP contribution in [0.4, 0.5) is 5.69 Å². The molecule has 25 heavy (non-hydrogen) atoms. The Morgan fingerprint density at radius 1 is 1.08 bits per heavy atom. The number of benzene rings is 2. The van der Waals surface area contributed by atoms with Crippen LogP contribution >= 0.6 is 12.4 Å². The molecule has 1 aliphatic heterocycles. The van der Waals surface area contributed by atoms with Gasteiger partial charge in [0.1, 0.15) is 0 Å². The summed E-state index contributed by atoms with van der Waals surface area (Å²) in [7, 11) is 0. The van der Waals surface area contributed by atoms with Crippen LogP contribution < -0.4 is 10.2 Å². The summed E-state index contributed by atoms with van der Waals surface area (Å²) in [4.78, 5) is 15.1. The Bertz CT molecular complexity index is 647. The van der Waals surface area contributed by atoms with E-state index in [0.717, 1.165) is 38.0 Å². The first-order chi connectivity index (χ1) is 11.7. The average molecular weight is 359 g/mol. The van der Waals surface area contributed by atoms with Crippen LogP contribution in [0.3, 0.4) is 0 Å². The summed E-state index contributed by atoms with van der Waals surface area (Å²) in [5.74, 6) is 0.391. The summed E-state index contributed by atoms with van der Waals surface area (Å²) in [6, 6.07) is 20.9. The molecule has 2 atom stereocenters. The van der Waals surface area contributed by atoms with Crippen molar-refractivity contribution >= 4 is 24.0 Å². The van der Waals surface area contributed by atoms with Crippen molar-refractivity contribution in [3.63, 3.8) is 0 Å². The van der Waals surface area contributed by atoms with E-state index in [0.29, 0.717) is 6.04 Å². The third-order valence-electron chi connectivity index (χ3n) is 4.77. The smallest absolute Gasteiger partial charge is 0.230 e. The van der Waals surface area contributed by atoms with E-state index in [1.165, 1.54) is 5.56 Å². The van der Waals surface area contributed by atoms with E-state index >= 15 is 0 Å². The molecule has 2 aromatic rings. The predicted octanol–water partition coefficient (Wildman–Crippen LogP) is 4.07. The zero-order valence-electron chi connectivity index (χ0n) is 14.7. The van der Waals surface area contributed by atoms with Crippen LogP contribution in [0.25, 0.3) is 0 Å². The van der Waals surface area contributed by atoms with Crippen LogP contribution in [0.5, 0.6) is 0 Å². The summed E-state index contributed by atoms with van der Waals surface area (Å²) in [6.07, 6.45) is 2.73. The molecule has 0 radical (unpaired) electrons. The maximum atomic E-state index is 13.2. The molecule has 0 unspecified atom stereocenters. The number of carbonyl (C=O) groups excluding carboxylic acids is 1. The fourth-order valence-corrected chi connectivity index (χ4v) is 3.44. The molecule has 0 bridgehead atoms. The largest absolute Gasteiger partial charge is 0.314 e. The lowest BCUT2D eigenvalue weighted by molar-refractivity contribution is -0.123. The molecule has 1 N–H and O–H groups in total. The molecule has 1 heterocycles. The van der Waals surface area contributed by atoms with Gasteiger partial charge in [0.2, 0.25) is 5.91 Å². The molecule has 3 nitrogen and oxygen atoms in total. The first kappa shape index (κ1) is 19.5. The Morgan fingerprint density at radius 2 is 1.72 bits per heavy atom. The number of halogens is 1. The van der Waals surface area contributed by atoms with E-state index in [2.05, 4.69) is 36.5 Å². The monoisotopic (exact) mass is 358 g/mol. The molecular formula is C21H27ClN2O. The topological polar surface area (TPSA) is 32.3 Å². The first-order valence-corrected chi connectivity index (χ1v) is 8.88. The highest BCUT2D eigenvalue weighted by atomic mass is 35.5. The van der Waals surface area contributed by atoms with Crippen LogP contribution in [-0.2, 0) is 11.2 Å². The van der Waals surface area contributed by atoms with Crippen LogP contribution in [0.2, 0.25) is 0 Å². The molecule has 3 rings (SSSR count). The summed E-state index contributed by atoms with van der Waals surface area (Å²) in [6.45, 7) is 3.82. The minimum atomic E-state index is 0. The van der Waals surface area contributed by atoms with Gasteiger partial charge < -0.3 is 10.2 Å². The maximum absolute atomic E-state index is 13.2. The van der Waals surface area contributed by atoms with Gasteiger partial charge in [0.15, 0.2) is 0 Å². The van der Waals surface area contributed by atoms with Gasteiger partial charge in [0.25, 0.3) is 0 Å². The number of carbonyl (C=O) groups is 1. The fraction of sp³-hybridized carbons (Fsp3) is 0.381. The van der Waals surface area contributed by atoms with Gasteiger partial charge in [-0.1, -0.05) is 48.5 Å². The molecule has 0 spiro atoms. The minimum Gasteiger partial charge on any atom is -0.314 e. The highest BCUT2D eigenvalue weighted by molar-refractivity contribution is 5.95. The highest BCUT2D eigenvalue weighted by Crippen LogP contribution is 2.23. The van der Waals surface area contributed by atoms with Gasteiger partial charge in [-0.25, -0.2) is 0 Å². The summed E-state index contributed by atoms with van der Waals surface area (Å²) < 4.78 is 0. The fourth-order valence-electron chi connectivity index (χ4n) is 3.44. The third-order valence-corrected chi connectivity index (χ3v) is 4.77. The van der Waals surface area contributed by atoms with E-state index in [1.54, 1.807) is 0 Å². The Hall–Kier alpha value is -1.84. The Morgan fingerprint density at radius 3 is 2.36 bits per heavy atom. The number of piperidine rings is 1. The van der Waals surface area contributed by atoms with Crippen LogP contribution in [0, 0.1) is 5.92 Å². The Kier molecular flexibility index (Phi) is 7.48. The molecule has 1 fully saturated rings. The van der Waals surface area contributed by atoms with E-state index in [4.69, 9.17) is 0 Å². The van der Waals surface area contributed by atoms with Gasteiger partial charge in [0, 0.05) is 24.2 Å². The number of rotatable bonds is 5. The van der Waals surface area contributed by atoms with Gasteiger partial charge in [-0.05, 0) is 50.4 Å². The second kappa shape index (κ2) is 9.59. The number of anilines is 1. The van der Waals surface area contributed by atoms with E-state index in [1.807, 2.05) is 41.3 Å². The Labute approximate surface area is 156 Å². The highest BCUT2D eigenvalue weighted by Gasteiger charge is 2.29. The van der Waals surface area contributed by atoms with Gasteiger partial charge >= 0.3 is 0 Å². The lowest BCUT2D eigenvalue weighted by Crippen LogP contribution is -2.45. The normalized spacial score (nSPS) is 19.7. The maximum Gasteiger partial charge on any atom is 0.230 e. The van der Waals surface area contributed by atoms with Gasteiger partial charge in [-0.3, -0.25) is 4.79 Å². The minimum absolute atomic E-state index is 0. The molecule has 4 heteroatoms. The number of nitrogens with one attached hydrogen (secondary N) is 1. The lowest BCUT2D eigenvalue weighted by atomic mass is 9.91. The molecule has 134 valence electrons. The number of nitrogens with zero attached hydrogens (tertiary/aromatic N) is 1. The zero-order valence-corrected chi connectivity index (χ0v) is 15.5. The number of para-hydroxylation sites is 1. The van der Waals surface area contributed by atoms with Crippen molar-refractivity contribution < 1.29 is 4.79 Å². The van der Waals surface area contributed by atoms with Crippen molar-refractivity contribution in [1.82, 2.24) is 5.32 Å². The molecule has 0 aromatic heterocycles. The van der Waals surface area contributed by atoms with Crippen LogP contribution in [0.1, 0.15) is 25.3 Å². The second-order valence-corrected chi connectivity index (χ2v) is 6.64. The van der Waals surface area contributed by atoms with Crippen molar-refractivity contribution in [3.05, 3.63) is 66.2 Å². The summed E-state index contributed by atoms with van der Waals surface area (Å²) in [5, 5.41) is 3.43. The summed E-state index contributed by atoms with van der Waals surface area (Å²) in [5.41, 5.74) is 2.27. The quantitative estimate of drug-likeness (QED) is 0.873. The number of hydrogen-bond acceptors (Lipinski definition) is 2. The lowest BCUT2D eigenvalue weighted by Gasteiger charge is -2.32. The van der Waals surface area contributed by atoms with Crippen LogP contribution in [0.15, 0.2) is 60.7 Å². The molecular weight excluding hydrogens is 332 g/mol. The average Bonchev–Trinajstić information content (AvgIpc) is 2.63. The number of amides is 1. The summed E-state index contributed by atoms with van der Waals surface area (Å²) >= 11 is 0. The van der Waals surface area contributed by atoms with Crippen molar-refractivity contribution in [2.24, 2.45) is 5.92 Å². The van der Waals surface area contributed by atoms with Gasteiger partial charge in [0.05, 0.1) is 0 Å². The Balaban J connectivity index is 0.00000225. The number of hydrogen-bond donors (Lipinski definition) is 1. The van der Waals surface area contributed by atoms with Gasteiger partial charge in [-0.2, -0.15) is 0 Å². The SMILES string of the molecule is C[C@H]1C[C@@H](C(=O)N(CCc2ccccc2)c2ccccc2)CCN1.Cl. The first-order valence-electron chi connectivity index (χ1n) is 8.88. The molecule has 0 saturated carbocycles. The van der Waals surface area contributed by atoms with E-state index in [-0.39, 0.29) is 24.2 Å². The van der Waals surface area contributed by atoms with Crippen LogP contribution in [-0.4, -0.2) is 25.0 Å². The second-order valence-electron chi connectivity index (χ2n) is 6.64. The predicted molar refractivity (Wildman–Crippen MR) is 106 cm³/mol. The van der Waals surface area contributed by atoms with Gasteiger partial charge in [-0.15, -0.1) is 12.4 Å². The zero-order chi connectivity index (χ0) is 16.8.